The van der Waals surface area contributed by atoms with Crippen molar-refractivity contribution in [1.29, 1.82) is 0 Å². The van der Waals surface area contributed by atoms with E-state index in [0.717, 1.165) is 5.57 Å². The summed E-state index contributed by atoms with van der Waals surface area (Å²) in [7, 11) is 0. The van der Waals surface area contributed by atoms with E-state index in [2.05, 4.69) is 20.4 Å². The van der Waals surface area contributed by atoms with Crippen molar-refractivity contribution < 1.29 is 0 Å². The van der Waals surface area contributed by atoms with Gasteiger partial charge >= 0.3 is 0 Å². The lowest BCUT2D eigenvalue weighted by Gasteiger charge is -2.18. The Labute approximate surface area is 64.3 Å². The Morgan fingerprint density at radius 2 is 2.10 bits per heavy atom. The monoisotopic (exact) mass is 141 g/mol. The first kappa shape index (κ1) is 9.70. The van der Waals surface area contributed by atoms with E-state index in [1.165, 1.54) is 12.8 Å². The molecule has 0 aromatic rings. The Bertz CT molecular complexity index is 107. The van der Waals surface area contributed by atoms with E-state index < -0.39 is 0 Å². The molecule has 0 aliphatic heterocycles. The zero-order valence-corrected chi connectivity index (χ0v) is 7.35. The van der Waals surface area contributed by atoms with Gasteiger partial charge in [0.1, 0.15) is 0 Å². The summed E-state index contributed by atoms with van der Waals surface area (Å²) in [6, 6.07) is 0.194. The van der Waals surface area contributed by atoms with Gasteiger partial charge in [-0.15, -0.1) is 0 Å². The molecule has 2 unspecified atom stereocenters. The Morgan fingerprint density at radius 3 is 2.40 bits per heavy atom. The summed E-state index contributed by atoms with van der Waals surface area (Å²) in [5.74, 6) is 0.586. The molecule has 1 nitrogen and oxygen atoms in total. The van der Waals surface area contributed by atoms with Gasteiger partial charge in [0.05, 0.1) is 0 Å². The van der Waals surface area contributed by atoms with Crippen LogP contribution in [0.5, 0.6) is 0 Å². The lowest BCUT2D eigenvalue weighted by atomic mass is 9.93. The molecule has 60 valence electrons. The maximum atomic E-state index is 5.85. The largest absolute Gasteiger partial charge is 0.324 e. The third-order valence-corrected chi connectivity index (χ3v) is 1.93. The first-order chi connectivity index (χ1) is 4.59. The fraction of sp³-hybridized carbons (Fsp3) is 0.778. The van der Waals surface area contributed by atoms with Crippen molar-refractivity contribution in [2.24, 2.45) is 11.7 Å². The summed E-state index contributed by atoms with van der Waals surface area (Å²) in [5, 5.41) is 0. The van der Waals surface area contributed by atoms with Crippen molar-refractivity contribution in [2.45, 2.75) is 39.7 Å². The van der Waals surface area contributed by atoms with Gasteiger partial charge in [0.15, 0.2) is 0 Å². The third-order valence-electron chi connectivity index (χ3n) is 1.93. The Kier molecular flexibility index (Phi) is 4.37. The van der Waals surface area contributed by atoms with Gasteiger partial charge in [-0.05, 0) is 19.3 Å². The summed E-state index contributed by atoms with van der Waals surface area (Å²) < 4.78 is 0. The molecule has 0 radical (unpaired) electrons. The van der Waals surface area contributed by atoms with Gasteiger partial charge in [0.2, 0.25) is 0 Å². The summed E-state index contributed by atoms with van der Waals surface area (Å²) in [5.41, 5.74) is 6.94. The van der Waals surface area contributed by atoms with E-state index in [-0.39, 0.29) is 6.04 Å². The van der Waals surface area contributed by atoms with Gasteiger partial charge in [-0.2, -0.15) is 0 Å². The molecule has 0 aliphatic carbocycles. The highest BCUT2D eigenvalue weighted by Crippen LogP contribution is 2.13. The molecule has 0 rings (SSSR count). The van der Waals surface area contributed by atoms with Gasteiger partial charge in [0.25, 0.3) is 0 Å². The molecule has 0 amide bonds. The van der Waals surface area contributed by atoms with Crippen molar-refractivity contribution in [3.63, 3.8) is 0 Å². The zero-order valence-electron chi connectivity index (χ0n) is 7.35. The van der Waals surface area contributed by atoms with E-state index in [4.69, 9.17) is 5.73 Å². The average Bonchev–Trinajstić information content (AvgIpc) is 1.87. The Hall–Kier alpha value is -0.300. The van der Waals surface area contributed by atoms with Crippen LogP contribution >= 0.6 is 0 Å². The predicted octanol–water partition coefficient (Wildman–Crippen LogP) is 2.33. The zero-order chi connectivity index (χ0) is 8.15. The maximum Gasteiger partial charge on any atom is 0.0274 e. The second kappa shape index (κ2) is 4.51. The first-order valence-electron chi connectivity index (χ1n) is 4.00. The average molecular weight is 141 g/mol. The Balaban J connectivity index is 3.69. The molecule has 2 atom stereocenters. The van der Waals surface area contributed by atoms with Crippen molar-refractivity contribution in [2.75, 3.05) is 0 Å². The minimum Gasteiger partial charge on any atom is -0.324 e. The van der Waals surface area contributed by atoms with Crippen molar-refractivity contribution in [3.8, 4) is 0 Å². The number of nitrogens with two attached hydrogens (primary N) is 1. The number of hydrogen-bond donors (Lipinski definition) is 1. The molecule has 0 fully saturated rings. The molecule has 0 saturated heterocycles. The van der Waals surface area contributed by atoms with Crippen LogP contribution in [0.15, 0.2) is 12.2 Å². The smallest absolute Gasteiger partial charge is 0.0274 e. The van der Waals surface area contributed by atoms with Crippen molar-refractivity contribution in [3.05, 3.63) is 12.2 Å². The summed E-state index contributed by atoms with van der Waals surface area (Å²) >= 11 is 0. The molecule has 10 heavy (non-hydrogen) atoms. The second-order valence-corrected chi connectivity index (χ2v) is 3.14. The molecule has 0 bridgehead atoms. The van der Waals surface area contributed by atoms with E-state index in [1.54, 1.807) is 0 Å². The summed E-state index contributed by atoms with van der Waals surface area (Å²) in [6.45, 7) is 10.2. The van der Waals surface area contributed by atoms with Crippen LogP contribution in [0, 0.1) is 5.92 Å². The van der Waals surface area contributed by atoms with Crippen LogP contribution < -0.4 is 5.73 Å². The molecule has 1 heteroatoms. The van der Waals surface area contributed by atoms with Crippen LogP contribution in [-0.4, -0.2) is 6.04 Å². The highest BCUT2D eigenvalue weighted by molar-refractivity contribution is 5.01. The van der Waals surface area contributed by atoms with Crippen LogP contribution in [0.2, 0.25) is 0 Å². The molecule has 0 saturated carbocycles. The third kappa shape index (κ3) is 3.02. The normalized spacial score (nSPS) is 16.4. The highest BCUT2D eigenvalue weighted by Gasteiger charge is 2.10. The number of hydrogen-bond acceptors (Lipinski definition) is 1. The van der Waals surface area contributed by atoms with Gasteiger partial charge in [0, 0.05) is 6.04 Å². The van der Waals surface area contributed by atoms with Crippen LogP contribution in [-0.2, 0) is 0 Å². The predicted molar refractivity (Wildman–Crippen MR) is 46.9 cm³/mol. The van der Waals surface area contributed by atoms with E-state index in [1.807, 2.05) is 6.92 Å². The van der Waals surface area contributed by atoms with E-state index in [9.17, 15) is 0 Å². The standard InChI is InChI=1S/C9H19N/c1-5-6-8(4)9(10)7(2)3/h8-9H,2,5-6,10H2,1,3-4H3. The Morgan fingerprint density at radius 1 is 1.60 bits per heavy atom. The molecular weight excluding hydrogens is 122 g/mol. The fourth-order valence-electron chi connectivity index (χ4n) is 1.12. The minimum absolute atomic E-state index is 0.194. The summed E-state index contributed by atoms with van der Waals surface area (Å²) in [6.07, 6.45) is 2.41. The lowest BCUT2D eigenvalue weighted by Crippen LogP contribution is -2.28. The van der Waals surface area contributed by atoms with E-state index >= 15 is 0 Å². The van der Waals surface area contributed by atoms with Gasteiger partial charge in [-0.1, -0.05) is 32.4 Å². The summed E-state index contributed by atoms with van der Waals surface area (Å²) in [4.78, 5) is 0. The molecule has 0 aromatic carbocycles. The quantitative estimate of drug-likeness (QED) is 0.597. The van der Waals surface area contributed by atoms with Crippen LogP contribution in [0.25, 0.3) is 0 Å². The fourth-order valence-corrected chi connectivity index (χ4v) is 1.12. The number of rotatable bonds is 4. The van der Waals surface area contributed by atoms with Crippen molar-refractivity contribution in [1.82, 2.24) is 0 Å². The molecule has 0 aromatic heterocycles. The second-order valence-electron chi connectivity index (χ2n) is 3.14. The van der Waals surface area contributed by atoms with Gasteiger partial charge < -0.3 is 5.73 Å². The topological polar surface area (TPSA) is 26.0 Å². The lowest BCUT2D eigenvalue weighted by molar-refractivity contribution is 0.461. The van der Waals surface area contributed by atoms with Crippen LogP contribution in [0.4, 0.5) is 0 Å². The minimum atomic E-state index is 0.194. The maximum absolute atomic E-state index is 5.85. The SMILES string of the molecule is C=C(C)C(N)C(C)CCC. The van der Waals surface area contributed by atoms with Gasteiger partial charge in [-0.25, -0.2) is 0 Å². The first-order valence-corrected chi connectivity index (χ1v) is 4.00. The highest BCUT2D eigenvalue weighted by atomic mass is 14.6. The van der Waals surface area contributed by atoms with E-state index in [0.29, 0.717) is 5.92 Å². The van der Waals surface area contributed by atoms with Gasteiger partial charge in [-0.3, -0.25) is 0 Å². The van der Waals surface area contributed by atoms with Crippen LogP contribution in [0.1, 0.15) is 33.6 Å². The van der Waals surface area contributed by atoms with Crippen molar-refractivity contribution >= 4 is 0 Å². The molecular formula is C9H19N. The van der Waals surface area contributed by atoms with Crippen LogP contribution in [0.3, 0.4) is 0 Å². The molecule has 0 aliphatic rings. The molecule has 0 spiro atoms. The molecule has 2 N–H and O–H groups in total. The molecule has 0 heterocycles.